The van der Waals surface area contributed by atoms with E-state index in [-0.39, 0.29) is 0 Å². The van der Waals surface area contributed by atoms with Crippen molar-refractivity contribution in [2.45, 2.75) is 13.0 Å². The Labute approximate surface area is 78.9 Å². The van der Waals surface area contributed by atoms with E-state index in [0.29, 0.717) is 6.04 Å². The molecule has 2 nitrogen and oxygen atoms in total. The Morgan fingerprint density at radius 3 is 3.08 bits per heavy atom. The lowest BCUT2D eigenvalue weighted by atomic mass is 10.0. The number of nitrogens with one attached hydrogen (secondary N) is 1. The van der Waals surface area contributed by atoms with Gasteiger partial charge in [-0.1, -0.05) is 29.8 Å². The summed E-state index contributed by atoms with van der Waals surface area (Å²) in [6.45, 7) is 4.71. The Kier molecular flexibility index (Phi) is 2.62. The van der Waals surface area contributed by atoms with Gasteiger partial charge in [0.1, 0.15) is 0 Å². The van der Waals surface area contributed by atoms with E-state index in [9.17, 15) is 0 Å². The predicted octanol–water partition coefficient (Wildman–Crippen LogP) is 1.66. The Bertz CT molecular complexity index is 279. The minimum absolute atomic E-state index is 0.383. The highest BCUT2D eigenvalue weighted by molar-refractivity contribution is 5.25. The molecule has 70 valence electrons. The van der Waals surface area contributed by atoms with Gasteiger partial charge in [-0.15, -0.1) is 0 Å². The van der Waals surface area contributed by atoms with Gasteiger partial charge in [-0.05, 0) is 12.5 Å². The zero-order valence-corrected chi connectivity index (χ0v) is 7.92. The van der Waals surface area contributed by atoms with Gasteiger partial charge in [-0.3, -0.25) is 0 Å². The van der Waals surface area contributed by atoms with Crippen LogP contribution in [0, 0.1) is 6.92 Å². The van der Waals surface area contributed by atoms with E-state index < -0.39 is 0 Å². The molecule has 1 heterocycles. The highest BCUT2D eigenvalue weighted by Crippen LogP contribution is 2.16. The average molecular weight is 177 g/mol. The summed E-state index contributed by atoms with van der Waals surface area (Å²) in [5.74, 6) is 0. The molecule has 13 heavy (non-hydrogen) atoms. The molecule has 0 saturated carbocycles. The third kappa shape index (κ3) is 2.08. The van der Waals surface area contributed by atoms with Gasteiger partial charge in [0, 0.05) is 6.54 Å². The third-order valence-corrected chi connectivity index (χ3v) is 2.37. The predicted molar refractivity (Wildman–Crippen MR) is 52.7 cm³/mol. The topological polar surface area (TPSA) is 21.3 Å². The van der Waals surface area contributed by atoms with Crippen molar-refractivity contribution >= 4 is 0 Å². The minimum atomic E-state index is 0.383. The molecule has 0 amide bonds. The first kappa shape index (κ1) is 8.73. The van der Waals surface area contributed by atoms with Gasteiger partial charge in [-0.25, -0.2) is 0 Å². The lowest BCUT2D eigenvalue weighted by molar-refractivity contribution is 0.0769. The van der Waals surface area contributed by atoms with E-state index in [1.165, 1.54) is 11.1 Å². The lowest BCUT2D eigenvalue weighted by Crippen LogP contribution is -2.34. The summed E-state index contributed by atoms with van der Waals surface area (Å²) in [6.07, 6.45) is 0. The second-order valence-corrected chi connectivity index (χ2v) is 3.50. The van der Waals surface area contributed by atoms with Crippen molar-refractivity contribution in [2.24, 2.45) is 0 Å². The van der Waals surface area contributed by atoms with Crippen molar-refractivity contribution in [3.63, 3.8) is 0 Å². The smallest absolute Gasteiger partial charge is 0.0662 e. The van der Waals surface area contributed by atoms with Crippen LogP contribution in [0.2, 0.25) is 0 Å². The second-order valence-electron chi connectivity index (χ2n) is 3.50. The maximum atomic E-state index is 5.41. The molecule has 0 radical (unpaired) electrons. The lowest BCUT2D eigenvalue weighted by Gasteiger charge is -2.24. The van der Waals surface area contributed by atoms with Gasteiger partial charge < -0.3 is 10.1 Å². The van der Waals surface area contributed by atoms with Crippen LogP contribution in [0.5, 0.6) is 0 Å². The van der Waals surface area contributed by atoms with E-state index in [0.717, 1.165) is 19.8 Å². The number of rotatable bonds is 1. The fourth-order valence-corrected chi connectivity index (χ4v) is 1.67. The van der Waals surface area contributed by atoms with Crippen molar-refractivity contribution in [1.29, 1.82) is 0 Å². The van der Waals surface area contributed by atoms with Crippen LogP contribution in [0.4, 0.5) is 0 Å². The molecule has 1 aliphatic heterocycles. The molecule has 1 aliphatic rings. The molecule has 1 fully saturated rings. The van der Waals surface area contributed by atoms with Crippen LogP contribution in [-0.2, 0) is 4.74 Å². The number of benzene rings is 1. The first-order valence-electron chi connectivity index (χ1n) is 4.74. The van der Waals surface area contributed by atoms with Gasteiger partial charge in [0.05, 0.1) is 19.3 Å². The molecule has 0 spiro atoms. The SMILES string of the molecule is Cc1cccc([C@@H]2COCCN2)c1. The number of morpholine rings is 1. The van der Waals surface area contributed by atoms with Crippen LogP contribution in [0.25, 0.3) is 0 Å². The fraction of sp³-hybridized carbons (Fsp3) is 0.455. The zero-order valence-electron chi connectivity index (χ0n) is 7.92. The Morgan fingerprint density at radius 1 is 1.46 bits per heavy atom. The number of ether oxygens (including phenoxy) is 1. The average Bonchev–Trinajstić information content (AvgIpc) is 2.19. The largest absolute Gasteiger partial charge is 0.378 e. The van der Waals surface area contributed by atoms with Crippen LogP contribution in [0.3, 0.4) is 0 Å². The summed E-state index contributed by atoms with van der Waals surface area (Å²) in [5.41, 5.74) is 2.64. The van der Waals surface area contributed by atoms with Crippen molar-refractivity contribution < 1.29 is 4.74 Å². The highest BCUT2D eigenvalue weighted by atomic mass is 16.5. The standard InChI is InChI=1S/C11H15NO/c1-9-3-2-4-10(7-9)11-8-13-6-5-12-11/h2-4,7,11-12H,5-6,8H2,1H3/t11-/m0/s1. The number of aryl methyl sites for hydroxylation is 1. The summed E-state index contributed by atoms with van der Waals surface area (Å²) in [4.78, 5) is 0. The van der Waals surface area contributed by atoms with E-state index in [1.807, 2.05) is 0 Å². The summed E-state index contributed by atoms with van der Waals surface area (Å²) in [7, 11) is 0. The Hall–Kier alpha value is -0.860. The van der Waals surface area contributed by atoms with Crippen LogP contribution in [-0.4, -0.2) is 19.8 Å². The maximum Gasteiger partial charge on any atom is 0.0662 e. The Balaban J connectivity index is 2.14. The number of hydrogen-bond acceptors (Lipinski definition) is 2. The summed E-state index contributed by atoms with van der Waals surface area (Å²) in [6, 6.07) is 8.97. The van der Waals surface area contributed by atoms with Gasteiger partial charge in [-0.2, -0.15) is 0 Å². The van der Waals surface area contributed by atoms with E-state index in [1.54, 1.807) is 0 Å². The molecule has 2 heteroatoms. The van der Waals surface area contributed by atoms with Crippen LogP contribution in [0.15, 0.2) is 24.3 Å². The van der Waals surface area contributed by atoms with Crippen LogP contribution < -0.4 is 5.32 Å². The summed E-state index contributed by atoms with van der Waals surface area (Å²) >= 11 is 0. The molecule has 0 aromatic heterocycles. The van der Waals surface area contributed by atoms with Crippen LogP contribution in [0.1, 0.15) is 17.2 Å². The molecule has 1 N–H and O–H groups in total. The summed E-state index contributed by atoms with van der Waals surface area (Å²) in [5, 5.41) is 3.44. The molecule has 2 rings (SSSR count). The van der Waals surface area contributed by atoms with E-state index in [2.05, 4.69) is 36.5 Å². The zero-order chi connectivity index (χ0) is 9.10. The molecule has 1 saturated heterocycles. The maximum absolute atomic E-state index is 5.41. The number of hydrogen-bond donors (Lipinski definition) is 1. The Morgan fingerprint density at radius 2 is 2.38 bits per heavy atom. The van der Waals surface area contributed by atoms with Gasteiger partial charge in [0.15, 0.2) is 0 Å². The normalized spacial score (nSPS) is 23.0. The quantitative estimate of drug-likeness (QED) is 0.704. The fourth-order valence-electron chi connectivity index (χ4n) is 1.67. The molecular weight excluding hydrogens is 162 g/mol. The second kappa shape index (κ2) is 3.90. The van der Waals surface area contributed by atoms with E-state index in [4.69, 9.17) is 4.74 Å². The molecular formula is C11H15NO. The molecule has 1 aromatic carbocycles. The van der Waals surface area contributed by atoms with Gasteiger partial charge in [0.2, 0.25) is 0 Å². The first-order chi connectivity index (χ1) is 6.36. The third-order valence-electron chi connectivity index (χ3n) is 2.37. The minimum Gasteiger partial charge on any atom is -0.378 e. The van der Waals surface area contributed by atoms with Gasteiger partial charge >= 0.3 is 0 Å². The molecule has 0 aliphatic carbocycles. The van der Waals surface area contributed by atoms with E-state index >= 15 is 0 Å². The van der Waals surface area contributed by atoms with Crippen molar-refractivity contribution in [3.05, 3.63) is 35.4 Å². The first-order valence-corrected chi connectivity index (χ1v) is 4.74. The molecule has 1 aromatic rings. The highest BCUT2D eigenvalue weighted by Gasteiger charge is 2.14. The summed E-state index contributed by atoms with van der Waals surface area (Å²) < 4.78 is 5.41. The van der Waals surface area contributed by atoms with Gasteiger partial charge in [0.25, 0.3) is 0 Å². The van der Waals surface area contributed by atoms with Crippen molar-refractivity contribution in [1.82, 2.24) is 5.32 Å². The molecule has 1 atom stereocenters. The monoisotopic (exact) mass is 177 g/mol. The van der Waals surface area contributed by atoms with Crippen molar-refractivity contribution in [2.75, 3.05) is 19.8 Å². The van der Waals surface area contributed by atoms with Crippen LogP contribution >= 0.6 is 0 Å². The molecule has 0 unspecified atom stereocenters. The molecule has 0 bridgehead atoms. The van der Waals surface area contributed by atoms with Crippen molar-refractivity contribution in [3.8, 4) is 0 Å².